The van der Waals surface area contributed by atoms with Gasteiger partial charge >= 0.3 is 6.36 Å². The summed E-state index contributed by atoms with van der Waals surface area (Å²) in [4.78, 5) is 4.69. The van der Waals surface area contributed by atoms with Crippen molar-refractivity contribution < 1.29 is 22.6 Å². The summed E-state index contributed by atoms with van der Waals surface area (Å²) in [6.07, 6.45) is 7.60. The van der Waals surface area contributed by atoms with Crippen molar-refractivity contribution in [3.63, 3.8) is 0 Å². The molecule has 0 aliphatic heterocycles. The normalized spacial score (nSPS) is 14.8. The molecule has 176 valence electrons. The number of hydrogen-bond donors (Lipinski definition) is 2. The summed E-state index contributed by atoms with van der Waals surface area (Å²) in [6.45, 7) is 2.62. The van der Waals surface area contributed by atoms with Crippen molar-refractivity contribution in [2.45, 2.75) is 45.4 Å². The molecule has 2 aromatic rings. The number of nitrogens with two attached hydrogens (primary N) is 1. The van der Waals surface area contributed by atoms with Gasteiger partial charge in [0.25, 0.3) is 0 Å². The molecule has 0 unspecified atom stereocenters. The van der Waals surface area contributed by atoms with E-state index < -0.39 is 6.36 Å². The summed E-state index contributed by atoms with van der Waals surface area (Å²) in [5, 5.41) is 6.75. The Hall–Kier alpha value is -3.49. The highest BCUT2D eigenvalue weighted by Gasteiger charge is 2.31. The number of aromatic amines is 1. The molecular weight excluding hydrogens is 433 g/mol. The van der Waals surface area contributed by atoms with E-state index in [1.54, 1.807) is 12.3 Å². The molecule has 0 fully saturated rings. The number of allylic oxidation sites excluding steroid dienone is 4. The zero-order valence-electron chi connectivity index (χ0n) is 18.4. The first-order chi connectivity index (χ1) is 15.8. The van der Waals surface area contributed by atoms with Gasteiger partial charge in [-0.1, -0.05) is 25.0 Å². The van der Waals surface area contributed by atoms with Gasteiger partial charge in [-0.05, 0) is 55.7 Å². The van der Waals surface area contributed by atoms with Crippen LogP contribution in [0.2, 0.25) is 0 Å². The lowest BCUT2D eigenvalue weighted by Gasteiger charge is -2.14. The number of nitrogens with zero attached hydrogens (tertiary/aromatic N) is 2. The summed E-state index contributed by atoms with van der Waals surface area (Å²) >= 11 is 0. The van der Waals surface area contributed by atoms with Crippen molar-refractivity contribution in [1.82, 2.24) is 10.2 Å². The summed E-state index contributed by atoms with van der Waals surface area (Å²) in [7, 11) is 0. The maximum Gasteiger partial charge on any atom is 0.573 e. The van der Waals surface area contributed by atoms with Crippen LogP contribution in [0.15, 0.2) is 71.1 Å². The third-order valence-electron chi connectivity index (χ3n) is 4.89. The van der Waals surface area contributed by atoms with Crippen molar-refractivity contribution in [2.24, 2.45) is 4.99 Å². The lowest BCUT2D eigenvalue weighted by Crippen LogP contribution is -2.17. The zero-order valence-corrected chi connectivity index (χ0v) is 18.4. The molecule has 1 aliphatic rings. The molecule has 3 N–H and O–H groups in total. The second-order valence-electron chi connectivity index (χ2n) is 7.50. The standard InChI is InChI=1S/C24H27F3N4O2/c1-2-3-4-15-32-19-9-5-17(6-10-19)13-14-29-23(21-16-22(28)31-30-21)18-7-11-20(12-8-18)33-24(25,26)27/h4-5,7-9,11-12,15-16H,2-3,6,10,13-14H2,1H3,(H3,28,30,31). The Kier molecular flexibility index (Phi) is 8.34. The first-order valence-electron chi connectivity index (χ1n) is 10.8. The van der Waals surface area contributed by atoms with Crippen molar-refractivity contribution in [1.29, 1.82) is 0 Å². The summed E-state index contributed by atoms with van der Waals surface area (Å²) < 4.78 is 46.9. The quantitative estimate of drug-likeness (QED) is 0.334. The number of benzene rings is 1. The fraction of sp³-hybridized carbons (Fsp3) is 0.333. The molecule has 3 rings (SSSR count). The highest BCUT2D eigenvalue weighted by molar-refractivity contribution is 6.12. The Bertz CT molecular complexity index is 1030. The smallest absolute Gasteiger partial charge is 0.470 e. The van der Waals surface area contributed by atoms with Gasteiger partial charge in [0.15, 0.2) is 0 Å². The van der Waals surface area contributed by atoms with Crippen LogP contribution >= 0.6 is 0 Å². The van der Waals surface area contributed by atoms with E-state index >= 15 is 0 Å². The fourth-order valence-corrected chi connectivity index (χ4v) is 3.25. The lowest BCUT2D eigenvalue weighted by molar-refractivity contribution is -0.274. The van der Waals surface area contributed by atoms with Crippen LogP contribution in [0.4, 0.5) is 19.0 Å². The minimum absolute atomic E-state index is 0.295. The van der Waals surface area contributed by atoms with Gasteiger partial charge in [-0.3, -0.25) is 10.1 Å². The van der Waals surface area contributed by atoms with Gasteiger partial charge in [0, 0.05) is 24.6 Å². The van der Waals surface area contributed by atoms with E-state index in [1.807, 2.05) is 12.2 Å². The van der Waals surface area contributed by atoms with Gasteiger partial charge in [0.1, 0.15) is 17.3 Å². The van der Waals surface area contributed by atoms with Gasteiger partial charge in [-0.2, -0.15) is 5.10 Å². The number of alkyl halides is 3. The van der Waals surface area contributed by atoms with E-state index in [-0.39, 0.29) is 5.75 Å². The van der Waals surface area contributed by atoms with E-state index in [0.717, 1.165) is 37.9 Å². The second-order valence-corrected chi connectivity index (χ2v) is 7.50. The molecule has 0 spiro atoms. The Balaban J connectivity index is 1.68. The third kappa shape index (κ3) is 7.85. The fourth-order valence-electron chi connectivity index (χ4n) is 3.25. The van der Waals surface area contributed by atoms with Crippen LogP contribution in [0.25, 0.3) is 0 Å². The number of unbranched alkanes of at least 4 members (excludes halogenated alkanes) is 1. The number of H-pyrrole nitrogens is 1. The van der Waals surface area contributed by atoms with E-state index in [9.17, 15) is 13.2 Å². The number of hydrogen-bond acceptors (Lipinski definition) is 5. The minimum Gasteiger partial charge on any atom is -0.470 e. The molecule has 33 heavy (non-hydrogen) atoms. The largest absolute Gasteiger partial charge is 0.573 e. The van der Waals surface area contributed by atoms with Gasteiger partial charge in [0.05, 0.1) is 17.7 Å². The zero-order chi connectivity index (χ0) is 23.7. The van der Waals surface area contributed by atoms with Gasteiger partial charge in [-0.25, -0.2) is 0 Å². The van der Waals surface area contributed by atoms with Crippen LogP contribution in [0, 0.1) is 0 Å². The van der Waals surface area contributed by atoms with Gasteiger partial charge in [-0.15, -0.1) is 13.2 Å². The van der Waals surface area contributed by atoms with Crippen LogP contribution in [0.1, 0.15) is 50.3 Å². The van der Waals surface area contributed by atoms with E-state index in [1.165, 1.54) is 29.8 Å². The number of halogens is 3. The van der Waals surface area contributed by atoms with Gasteiger partial charge < -0.3 is 15.2 Å². The first-order valence-corrected chi connectivity index (χ1v) is 10.8. The van der Waals surface area contributed by atoms with Gasteiger partial charge in [0.2, 0.25) is 0 Å². The molecule has 1 heterocycles. The summed E-state index contributed by atoms with van der Waals surface area (Å²) in [5.74, 6) is 0.941. The maximum atomic E-state index is 12.4. The van der Waals surface area contributed by atoms with Crippen molar-refractivity contribution in [3.8, 4) is 5.75 Å². The molecule has 0 radical (unpaired) electrons. The number of rotatable bonds is 10. The molecular formula is C24H27F3N4O2. The average molecular weight is 461 g/mol. The van der Waals surface area contributed by atoms with Crippen molar-refractivity contribution in [3.05, 3.63) is 77.4 Å². The average Bonchev–Trinajstić information content (AvgIpc) is 3.21. The molecule has 1 aromatic carbocycles. The second kappa shape index (κ2) is 11.4. The molecule has 1 aliphatic carbocycles. The van der Waals surface area contributed by atoms with Crippen LogP contribution in [-0.2, 0) is 4.74 Å². The number of nitrogen functional groups attached to an aromatic ring is 1. The topological polar surface area (TPSA) is 85.5 Å². The maximum absolute atomic E-state index is 12.4. The van der Waals surface area contributed by atoms with Crippen LogP contribution in [0.3, 0.4) is 0 Å². The molecule has 0 bridgehead atoms. The number of anilines is 1. The lowest BCUT2D eigenvalue weighted by atomic mass is 10.0. The van der Waals surface area contributed by atoms with Crippen molar-refractivity contribution >= 4 is 11.5 Å². The predicted molar refractivity (Wildman–Crippen MR) is 122 cm³/mol. The van der Waals surface area contributed by atoms with E-state index in [2.05, 4.69) is 32.9 Å². The molecule has 6 nitrogen and oxygen atoms in total. The van der Waals surface area contributed by atoms with E-state index in [4.69, 9.17) is 10.5 Å². The third-order valence-corrected chi connectivity index (χ3v) is 4.89. The van der Waals surface area contributed by atoms with Crippen LogP contribution < -0.4 is 10.5 Å². The predicted octanol–water partition coefficient (Wildman–Crippen LogP) is 6.05. The SMILES string of the molecule is CCCC=COC1=CC=C(CCN=C(c2ccc(OC(F)(F)F)cc2)c2cc(N)n[nH]2)CC1. The molecule has 9 heteroatoms. The first kappa shape index (κ1) is 24.2. The van der Waals surface area contributed by atoms with E-state index in [0.29, 0.717) is 29.3 Å². The Morgan fingerprint density at radius 3 is 2.61 bits per heavy atom. The van der Waals surface area contributed by atoms with Crippen LogP contribution in [0.5, 0.6) is 5.75 Å². The number of nitrogens with one attached hydrogen (secondary N) is 1. The molecule has 0 saturated carbocycles. The Morgan fingerprint density at radius 2 is 2.00 bits per heavy atom. The molecule has 0 atom stereocenters. The Labute approximate surface area is 190 Å². The molecule has 0 saturated heterocycles. The highest BCUT2D eigenvalue weighted by Crippen LogP contribution is 2.25. The summed E-state index contributed by atoms with van der Waals surface area (Å²) in [5.41, 5.74) is 8.75. The van der Waals surface area contributed by atoms with Crippen LogP contribution in [-0.4, -0.2) is 28.8 Å². The molecule has 1 aromatic heterocycles. The number of aromatic nitrogens is 2. The summed E-state index contributed by atoms with van der Waals surface area (Å²) in [6, 6.07) is 7.19. The number of aliphatic imine (C=N–C) groups is 1. The Morgan fingerprint density at radius 1 is 1.21 bits per heavy atom. The van der Waals surface area contributed by atoms with Crippen molar-refractivity contribution in [2.75, 3.05) is 12.3 Å². The molecule has 0 amide bonds. The minimum atomic E-state index is -4.74. The highest BCUT2D eigenvalue weighted by atomic mass is 19.4. The number of ether oxygens (including phenoxy) is 2. The monoisotopic (exact) mass is 460 g/mol.